The molecule has 1 atom stereocenters. The van der Waals surface area contributed by atoms with Gasteiger partial charge in [-0.05, 0) is 23.1 Å². The Bertz CT molecular complexity index is 945. The van der Waals surface area contributed by atoms with E-state index in [0.29, 0.717) is 17.7 Å². The van der Waals surface area contributed by atoms with Gasteiger partial charge in [0.05, 0.1) is 18.1 Å². The van der Waals surface area contributed by atoms with Gasteiger partial charge in [0.2, 0.25) is 5.88 Å². The molecule has 0 amide bonds. The predicted octanol–water partition coefficient (Wildman–Crippen LogP) is 3.82. The van der Waals surface area contributed by atoms with Crippen molar-refractivity contribution in [3.63, 3.8) is 0 Å². The number of hydrogen-bond acceptors (Lipinski definition) is 6. The SMILES string of the molecule is COCCOC(=O)C1=C(N)OC2=C(C(=O)CC(C)(C)C2)C1c1ccc(C(F)(F)F)cc1. The molecule has 1 aromatic rings. The number of carbonyl (C=O) groups excluding carboxylic acids is 2. The van der Waals surface area contributed by atoms with Gasteiger partial charge in [-0.2, -0.15) is 13.2 Å². The lowest BCUT2D eigenvalue weighted by atomic mass is 9.70. The largest absolute Gasteiger partial charge is 0.460 e. The van der Waals surface area contributed by atoms with E-state index in [1.165, 1.54) is 19.2 Å². The fraction of sp³-hybridized carbons (Fsp3) is 0.455. The minimum atomic E-state index is -4.51. The van der Waals surface area contributed by atoms with Crippen LogP contribution in [-0.4, -0.2) is 32.1 Å². The van der Waals surface area contributed by atoms with Crippen molar-refractivity contribution in [2.45, 2.75) is 38.8 Å². The summed E-state index contributed by atoms with van der Waals surface area (Å²) in [4.78, 5) is 25.8. The van der Waals surface area contributed by atoms with Crippen LogP contribution < -0.4 is 5.73 Å². The number of carbonyl (C=O) groups is 2. The summed E-state index contributed by atoms with van der Waals surface area (Å²) in [5.41, 5.74) is 5.27. The van der Waals surface area contributed by atoms with Gasteiger partial charge in [0.25, 0.3) is 0 Å². The Labute approximate surface area is 177 Å². The maximum absolute atomic E-state index is 13.0. The van der Waals surface area contributed by atoms with E-state index >= 15 is 0 Å². The number of allylic oxidation sites excluding steroid dienone is 2. The van der Waals surface area contributed by atoms with Crippen molar-refractivity contribution in [1.82, 2.24) is 0 Å². The van der Waals surface area contributed by atoms with Gasteiger partial charge in [0.1, 0.15) is 17.9 Å². The third kappa shape index (κ3) is 4.76. The van der Waals surface area contributed by atoms with Gasteiger partial charge in [-0.3, -0.25) is 4.79 Å². The van der Waals surface area contributed by atoms with E-state index in [4.69, 9.17) is 19.9 Å². The third-order valence-electron chi connectivity index (χ3n) is 5.27. The Morgan fingerprint density at radius 1 is 1.19 bits per heavy atom. The van der Waals surface area contributed by atoms with Gasteiger partial charge in [-0.15, -0.1) is 0 Å². The standard InChI is InChI=1S/C22H24F3NO5/c1-21(2)10-14(27)17-15(11-21)31-19(26)18(20(28)30-9-8-29-3)16(17)12-4-6-13(7-5-12)22(23,24)25/h4-7,16H,8-11,26H2,1-3H3. The van der Waals surface area contributed by atoms with Crippen LogP contribution in [0.2, 0.25) is 0 Å². The highest BCUT2D eigenvalue weighted by Gasteiger charge is 2.45. The average Bonchev–Trinajstić information content (AvgIpc) is 2.65. The highest BCUT2D eigenvalue weighted by molar-refractivity contribution is 6.03. The number of esters is 1. The molecule has 3 rings (SSSR count). The van der Waals surface area contributed by atoms with Gasteiger partial charge in [-0.1, -0.05) is 26.0 Å². The van der Waals surface area contributed by atoms with Gasteiger partial charge >= 0.3 is 12.1 Å². The minimum absolute atomic E-state index is 0.0568. The molecule has 9 heteroatoms. The molecule has 6 nitrogen and oxygen atoms in total. The van der Waals surface area contributed by atoms with Gasteiger partial charge in [0, 0.05) is 25.5 Å². The second-order valence-electron chi connectivity index (χ2n) is 8.34. The van der Waals surface area contributed by atoms with E-state index in [0.717, 1.165) is 12.1 Å². The highest BCUT2D eigenvalue weighted by atomic mass is 19.4. The Balaban J connectivity index is 2.09. The third-order valence-corrected chi connectivity index (χ3v) is 5.27. The minimum Gasteiger partial charge on any atom is -0.460 e. The van der Waals surface area contributed by atoms with E-state index in [1.54, 1.807) is 0 Å². The molecule has 0 radical (unpaired) electrons. The number of ketones is 1. The van der Waals surface area contributed by atoms with Crippen LogP contribution in [0.4, 0.5) is 13.2 Å². The highest BCUT2D eigenvalue weighted by Crippen LogP contribution is 2.48. The summed E-state index contributed by atoms with van der Waals surface area (Å²) in [5, 5.41) is 0. The van der Waals surface area contributed by atoms with Crippen molar-refractivity contribution < 1.29 is 37.0 Å². The summed E-state index contributed by atoms with van der Waals surface area (Å²) < 4.78 is 54.8. The molecule has 0 aromatic heterocycles. The van der Waals surface area contributed by atoms with E-state index in [-0.39, 0.29) is 47.9 Å². The lowest BCUT2D eigenvalue weighted by Gasteiger charge is -2.38. The fourth-order valence-corrected chi connectivity index (χ4v) is 3.88. The first-order valence-electron chi connectivity index (χ1n) is 9.71. The van der Waals surface area contributed by atoms with Crippen molar-refractivity contribution in [3.8, 4) is 0 Å². The zero-order valence-corrected chi connectivity index (χ0v) is 17.5. The van der Waals surface area contributed by atoms with Crippen LogP contribution in [0.5, 0.6) is 0 Å². The molecule has 0 bridgehead atoms. The normalized spacial score (nSPS) is 21.0. The molecule has 168 valence electrons. The summed E-state index contributed by atoms with van der Waals surface area (Å²) in [6.45, 7) is 3.89. The molecule has 1 aromatic carbocycles. The van der Waals surface area contributed by atoms with Crippen molar-refractivity contribution in [2.24, 2.45) is 11.1 Å². The lowest BCUT2D eigenvalue weighted by Crippen LogP contribution is -2.36. The predicted molar refractivity (Wildman–Crippen MR) is 104 cm³/mol. The average molecular weight is 439 g/mol. The Kier molecular flexibility index (Phi) is 6.18. The van der Waals surface area contributed by atoms with E-state index in [9.17, 15) is 22.8 Å². The molecule has 1 aliphatic carbocycles. The maximum atomic E-state index is 13.0. The van der Waals surface area contributed by atoms with Crippen LogP contribution in [0, 0.1) is 5.41 Å². The van der Waals surface area contributed by atoms with Crippen LogP contribution in [0.15, 0.2) is 47.1 Å². The fourth-order valence-electron chi connectivity index (χ4n) is 3.88. The molecule has 31 heavy (non-hydrogen) atoms. The molecule has 2 aliphatic rings. The molecule has 0 saturated carbocycles. The summed E-state index contributed by atoms with van der Waals surface area (Å²) in [7, 11) is 1.44. The number of rotatable bonds is 5. The van der Waals surface area contributed by atoms with Crippen molar-refractivity contribution in [1.29, 1.82) is 0 Å². The van der Waals surface area contributed by atoms with E-state index in [2.05, 4.69) is 0 Å². The molecule has 1 heterocycles. The Hall–Kier alpha value is -2.81. The second-order valence-corrected chi connectivity index (χ2v) is 8.34. The second kappa shape index (κ2) is 8.37. The monoisotopic (exact) mass is 439 g/mol. The van der Waals surface area contributed by atoms with Gasteiger partial charge in [-0.25, -0.2) is 4.79 Å². The van der Waals surface area contributed by atoms with Crippen molar-refractivity contribution in [3.05, 3.63) is 58.2 Å². The van der Waals surface area contributed by atoms with Gasteiger partial charge < -0.3 is 19.9 Å². The van der Waals surface area contributed by atoms with E-state index in [1.807, 2.05) is 13.8 Å². The van der Waals surface area contributed by atoms with Crippen molar-refractivity contribution >= 4 is 11.8 Å². The smallest absolute Gasteiger partial charge is 0.416 e. The molecule has 2 N–H and O–H groups in total. The van der Waals surface area contributed by atoms with Crippen LogP contribution in [0.3, 0.4) is 0 Å². The zero-order chi connectivity index (χ0) is 23.0. The number of nitrogens with two attached hydrogens (primary N) is 1. The number of methoxy groups -OCH3 is 1. The summed E-state index contributed by atoms with van der Waals surface area (Å²) in [5.74, 6) is -1.94. The van der Waals surface area contributed by atoms with Crippen LogP contribution in [0.25, 0.3) is 0 Å². The van der Waals surface area contributed by atoms with Crippen molar-refractivity contribution in [2.75, 3.05) is 20.3 Å². The Morgan fingerprint density at radius 3 is 2.42 bits per heavy atom. The molecule has 1 unspecified atom stereocenters. The molecule has 0 spiro atoms. The van der Waals surface area contributed by atoms with E-state index < -0.39 is 23.6 Å². The molecular weight excluding hydrogens is 415 g/mol. The summed E-state index contributed by atoms with van der Waals surface area (Å²) in [6, 6.07) is 4.30. The molecular formula is C22H24F3NO5. The lowest BCUT2D eigenvalue weighted by molar-refractivity contribution is -0.141. The topological polar surface area (TPSA) is 87.8 Å². The molecule has 0 saturated heterocycles. The number of alkyl halides is 3. The number of benzene rings is 1. The summed E-state index contributed by atoms with van der Waals surface area (Å²) >= 11 is 0. The van der Waals surface area contributed by atoms with Crippen LogP contribution in [0.1, 0.15) is 43.7 Å². The number of ether oxygens (including phenoxy) is 3. The number of hydrogen-bond donors (Lipinski definition) is 1. The quantitative estimate of drug-likeness (QED) is 0.554. The maximum Gasteiger partial charge on any atom is 0.416 e. The first-order chi connectivity index (χ1) is 14.4. The number of halogens is 3. The molecule has 0 fully saturated rings. The first-order valence-corrected chi connectivity index (χ1v) is 9.71. The number of Topliss-reactive ketones (excluding diaryl/α,β-unsaturated/α-hetero) is 1. The first kappa shape index (κ1) is 22.9. The zero-order valence-electron chi connectivity index (χ0n) is 17.5. The Morgan fingerprint density at radius 2 is 1.84 bits per heavy atom. The summed E-state index contributed by atoms with van der Waals surface area (Å²) in [6.07, 6.45) is -3.91. The van der Waals surface area contributed by atoms with Gasteiger partial charge in [0.15, 0.2) is 5.78 Å². The molecule has 1 aliphatic heterocycles. The van der Waals surface area contributed by atoms with Crippen LogP contribution >= 0.6 is 0 Å². The van der Waals surface area contributed by atoms with Crippen LogP contribution in [-0.2, 0) is 30.0 Å².